The zero-order valence-electron chi connectivity index (χ0n) is 9.56. The zero-order valence-corrected chi connectivity index (χ0v) is 10.4. The van der Waals surface area contributed by atoms with E-state index in [0.717, 1.165) is 31.2 Å². The smallest absolute Gasteiger partial charge is 0.0840 e. The third kappa shape index (κ3) is 2.62. The Labute approximate surface area is 101 Å². The Hall–Kier alpha value is -0.450. The van der Waals surface area contributed by atoms with Crippen molar-refractivity contribution in [2.24, 2.45) is 5.73 Å². The van der Waals surface area contributed by atoms with Crippen molar-refractivity contribution in [3.05, 3.63) is 17.1 Å². The molecule has 0 bridgehead atoms. The summed E-state index contributed by atoms with van der Waals surface area (Å²) in [4.78, 5) is 0. The van der Waals surface area contributed by atoms with Crippen LogP contribution < -0.4 is 5.73 Å². The predicted molar refractivity (Wildman–Crippen MR) is 66.3 cm³/mol. The van der Waals surface area contributed by atoms with Gasteiger partial charge in [0.15, 0.2) is 0 Å². The standard InChI is InChI=1S/C12H20N2OS/c13-11(10-8-14-16-9-10)12(15)6-4-2-1-3-5-7-12/h8-9,11,15H,1-7,13H2. The Kier molecular flexibility index (Phi) is 3.95. The van der Waals surface area contributed by atoms with Crippen molar-refractivity contribution in [2.75, 3.05) is 0 Å². The molecular formula is C12H20N2OS. The molecule has 1 aliphatic carbocycles. The van der Waals surface area contributed by atoms with Crippen LogP contribution in [0.25, 0.3) is 0 Å². The van der Waals surface area contributed by atoms with Crippen LogP contribution in [-0.4, -0.2) is 15.1 Å². The van der Waals surface area contributed by atoms with Crippen LogP contribution in [0.5, 0.6) is 0 Å². The summed E-state index contributed by atoms with van der Waals surface area (Å²) in [6.45, 7) is 0. The van der Waals surface area contributed by atoms with Gasteiger partial charge in [-0.05, 0) is 24.4 Å². The van der Waals surface area contributed by atoms with Crippen molar-refractivity contribution in [1.82, 2.24) is 4.37 Å². The van der Waals surface area contributed by atoms with Crippen LogP contribution in [0.4, 0.5) is 0 Å². The number of hydrogen-bond donors (Lipinski definition) is 2. The van der Waals surface area contributed by atoms with E-state index in [1.165, 1.54) is 30.8 Å². The topological polar surface area (TPSA) is 59.1 Å². The summed E-state index contributed by atoms with van der Waals surface area (Å²) in [5.74, 6) is 0. The maximum atomic E-state index is 10.7. The van der Waals surface area contributed by atoms with Crippen molar-refractivity contribution < 1.29 is 5.11 Å². The van der Waals surface area contributed by atoms with Crippen LogP contribution in [0.2, 0.25) is 0 Å². The minimum Gasteiger partial charge on any atom is -0.388 e. The minimum absolute atomic E-state index is 0.274. The van der Waals surface area contributed by atoms with Gasteiger partial charge in [0.05, 0.1) is 11.6 Å². The largest absolute Gasteiger partial charge is 0.388 e. The fourth-order valence-corrected chi connectivity index (χ4v) is 3.08. The van der Waals surface area contributed by atoms with Crippen molar-refractivity contribution in [2.45, 2.75) is 56.6 Å². The van der Waals surface area contributed by atoms with Gasteiger partial charge in [0.2, 0.25) is 0 Å². The van der Waals surface area contributed by atoms with Crippen LogP contribution in [0.15, 0.2) is 11.6 Å². The predicted octanol–water partition coefficient (Wildman–Crippen LogP) is 2.62. The number of aromatic nitrogens is 1. The monoisotopic (exact) mass is 240 g/mol. The molecule has 1 aromatic heterocycles. The summed E-state index contributed by atoms with van der Waals surface area (Å²) in [6.07, 6.45) is 9.34. The molecule has 1 heterocycles. The first-order chi connectivity index (χ1) is 7.72. The highest BCUT2D eigenvalue weighted by Gasteiger charge is 2.35. The molecule has 0 spiro atoms. The SMILES string of the molecule is NC(c1cnsc1)C1(O)CCCCCCC1. The lowest BCUT2D eigenvalue weighted by atomic mass is 9.80. The molecule has 0 aromatic carbocycles. The van der Waals surface area contributed by atoms with Crippen molar-refractivity contribution in [3.63, 3.8) is 0 Å². The van der Waals surface area contributed by atoms with Crippen LogP contribution in [0.3, 0.4) is 0 Å². The summed E-state index contributed by atoms with van der Waals surface area (Å²) < 4.78 is 4.06. The summed E-state index contributed by atoms with van der Waals surface area (Å²) >= 11 is 1.40. The Balaban J connectivity index is 2.09. The van der Waals surface area contributed by atoms with Crippen LogP contribution in [-0.2, 0) is 0 Å². The van der Waals surface area contributed by atoms with Crippen LogP contribution >= 0.6 is 11.5 Å². The highest BCUT2D eigenvalue weighted by Crippen LogP contribution is 2.35. The Bertz CT molecular complexity index is 305. The maximum Gasteiger partial charge on any atom is 0.0840 e. The number of aliphatic hydroxyl groups is 1. The normalized spacial score (nSPS) is 23.4. The molecule has 3 N–H and O–H groups in total. The summed E-state index contributed by atoms with van der Waals surface area (Å²) in [5, 5.41) is 12.6. The van der Waals surface area contributed by atoms with Crippen molar-refractivity contribution in [3.8, 4) is 0 Å². The van der Waals surface area contributed by atoms with Gasteiger partial charge in [0.25, 0.3) is 0 Å². The van der Waals surface area contributed by atoms with Gasteiger partial charge in [0.1, 0.15) is 0 Å². The first-order valence-corrected chi connectivity index (χ1v) is 6.93. The molecule has 4 heteroatoms. The van der Waals surface area contributed by atoms with Gasteiger partial charge in [0, 0.05) is 17.1 Å². The molecule has 0 amide bonds. The molecule has 1 aliphatic rings. The number of rotatable bonds is 2. The minimum atomic E-state index is -0.719. The summed E-state index contributed by atoms with van der Waals surface area (Å²) in [7, 11) is 0. The average Bonchev–Trinajstić information content (AvgIpc) is 2.76. The number of nitrogens with zero attached hydrogens (tertiary/aromatic N) is 1. The van der Waals surface area contributed by atoms with Crippen molar-refractivity contribution in [1.29, 1.82) is 0 Å². The lowest BCUT2D eigenvalue weighted by molar-refractivity contribution is -0.0109. The van der Waals surface area contributed by atoms with E-state index in [0.29, 0.717) is 0 Å². The van der Waals surface area contributed by atoms with Crippen LogP contribution in [0, 0.1) is 0 Å². The Morgan fingerprint density at radius 3 is 2.44 bits per heavy atom. The molecule has 1 fully saturated rings. The molecule has 90 valence electrons. The van der Waals surface area contributed by atoms with Gasteiger partial charge in [-0.15, -0.1) is 0 Å². The lowest BCUT2D eigenvalue weighted by Crippen LogP contribution is -2.41. The summed E-state index contributed by atoms with van der Waals surface area (Å²) in [5.41, 5.74) is 6.45. The van der Waals surface area contributed by atoms with E-state index in [1.807, 2.05) is 5.38 Å². The molecule has 3 nitrogen and oxygen atoms in total. The van der Waals surface area contributed by atoms with Gasteiger partial charge in [-0.25, -0.2) is 4.37 Å². The van der Waals surface area contributed by atoms with E-state index >= 15 is 0 Å². The second-order valence-electron chi connectivity index (χ2n) is 4.81. The van der Waals surface area contributed by atoms with E-state index in [1.54, 1.807) is 6.20 Å². The van der Waals surface area contributed by atoms with E-state index in [2.05, 4.69) is 4.37 Å². The molecule has 2 rings (SSSR count). The Morgan fingerprint density at radius 2 is 1.88 bits per heavy atom. The lowest BCUT2D eigenvalue weighted by Gasteiger charge is -2.35. The molecular weight excluding hydrogens is 220 g/mol. The van der Waals surface area contributed by atoms with Crippen molar-refractivity contribution >= 4 is 11.5 Å². The Morgan fingerprint density at radius 1 is 1.25 bits per heavy atom. The molecule has 1 atom stereocenters. The highest BCUT2D eigenvalue weighted by molar-refractivity contribution is 7.03. The molecule has 0 radical (unpaired) electrons. The number of nitrogens with two attached hydrogens (primary N) is 1. The van der Waals surface area contributed by atoms with Gasteiger partial charge in [-0.1, -0.05) is 32.1 Å². The first-order valence-electron chi connectivity index (χ1n) is 6.10. The van der Waals surface area contributed by atoms with E-state index in [-0.39, 0.29) is 6.04 Å². The van der Waals surface area contributed by atoms with Gasteiger partial charge in [-0.3, -0.25) is 0 Å². The average molecular weight is 240 g/mol. The highest BCUT2D eigenvalue weighted by atomic mass is 32.1. The van der Waals surface area contributed by atoms with Gasteiger partial charge >= 0.3 is 0 Å². The fraction of sp³-hybridized carbons (Fsp3) is 0.750. The maximum absolute atomic E-state index is 10.7. The number of hydrogen-bond acceptors (Lipinski definition) is 4. The van der Waals surface area contributed by atoms with E-state index < -0.39 is 5.60 Å². The second kappa shape index (κ2) is 5.25. The van der Waals surface area contributed by atoms with E-state index in [9.17, 15) is 5.11 Å². The molecule has 0 aliphatic heterocycles. The van der Waals surface area contributed by atoms with Gasteiger partial charge in [-0.2, -0.15) is 0 Å². The molecule has 1 saturated carbocycles. The molecule has 1 unspecified atom stereocenters. The third-order valence-electron chi connectivity index (χ3n) is 3.61. The van der Waals surface area contributed by atoms with Gasteiger partial charge < -0.3 is 10.8 Å². The fourth-order valence-electron chi connectivity index (χ4n) is 2.51. The van der Waals surface area contributed by atoms with Crippen LogP contribution in [0.1, 0.15) is 56.6 Å². The first kappa shape index (κ1) is 12.0. The second-order valence-corrected chi connectivity index (χ2v) is 5.46. The third-order valence-corrected chi connectivity index (χ3v) is 4.21. The van der Waals surface area contributed by atoms with E-state index in [4.69, 9.17) is 5.73 Å². The quantitative estimate of drug-likeness (QED) is 0.835. The molecule has 16 heavy (non-hydrogen) atoms. The molecule has 0 saturated heterocycles. The zero-order chi connectivity index (χ0) is 11.4. The molecule has 1 aromatic rings. The summed E-state index contributed by atoms with van der Waals surface area (Å²) in [6, 6.07) is -0.274.